The Kier molecular flexibility index (Phi) is 4.71. The molecule has 1 aromatic rings. The summed E-state index contributed by atoms with van der Waals surface area (Å²) in [5.41, 5.74) is 3.42. The number of aliphatic hydroxyl groups excluding tert-OH is 1. The van der Waals surface area contributed by atoms with E-state index < -0.39 is 0 Å². The van der Waals surface area contributed by atoms with Gasteiger partial charge >= 0.3 is 0 Å². The lowest BCUT2D eigenvalue weighted by Crippen LogP contribution is -2.48. The number of rotatable bonds is 7. The van der Waals surface area contributed by atoms with Crippen molar-refractivity contribution in [3.05, 3.63) is 28.8 Å². The standard InChI is InChI=1S/C17H27NO2/c1-12-5-6-13(2)16(14(12)3)20-10-9-17(4,11-19)18-15-7-8-15/h5-6,15,18-19H,7-11H2,1-4H3. The van der Waals surface area contributed by atoms with Crippen LogP contribution in [0.5, 0.6) is 5.75 Å². The SMILES string of the molecule is Cc1ccc(C)c(OCCC(C)(CO)NC2CC2)c1C. The van der Waals surface area contributed by atoms with Crippen molar-refractivity contribution in [3.8, 4) is 5.75 Å². The second-order valence-electron chi connectivity index (χ2n) is 6.39. The second-order valence-corrected chi connectivity index (χ2v) is 6.39. The van der Waals surface area contributed by atoms with Gasteiger partial charge in [0.15, 0.2) is 0 Å². The van der Waals surface area contributed by atoms with Crippen molar-refractivity contribution in [2.45, 2.75) is 58.5 Å². The smallest absolute Gasteiger partial charge is 0.125 e. The number of ether oxygens (including phenoxy) is 1. The quantitative estimate of drug-likeness (QED) is 0.805. The Bertz CT molecular complexity index is 468. The molecule has 0 aromatic heterocycles. The van der Waals surface area contributed by atoms with Crippen LogP contribution >= 0.6 is 0 Å². The normalized spacial score (nSPS) is 17.9. The monoisotopic (exact) mass is 277 g/mol. The van der Waals surface area contributed by atoms with E-state index in [0.29, 0.717) is 12.6 Å². The van der Waals surface area contributed by atoms with Gasteiger partial charge in [0.05, 0.1) is 13.2 Å². The van der Waals surface area contributed by atoms with Gasteiger partial charge in [0.25, 0.3) is 0 Å². The maximum Gasteiger partial charge on any atom is 0.125 e. The molecule has 1 unspecified atom stereocenters. The van der Waals surface area contributed by atoms with Crippen LogP contribution in [0.25, 0.3) is 0 Å². The Hall–Kier alpha value is -1.06. The molecule has 2 rings (SSSR count). The van der Waals surface area contributed by atoms with Crippen molar-refractivity contribution in [2.24, 2.45) is 0 Å². The minimum absolute atomic E-state index is 0.151. The number of benzene rings is 1. The highest BCUT2D eigenvalue weighted by atomic mass is 16.5. The van der Waals surface area contributed by atoms with Crippen LogP contribution in [0, 0.1) is 20.8 Å². The van der Waals surface area contributed by atoms with E-state index in [1.165, 1.54) is 29.5 Å². The van der Waals surface area contributed by atoms with Crippen LogP contribution in [0.15, 0.2) is 12.1 Å². The third-order valence-corrected chi connectivity index (χ3v) is 4.25. The van der Waals surface area contributed by atoms with Gasteiger partial charge in [-0.05, 0) is 57.2 Å². The first kappa shape index (κ1) is 15.3. The summed E-state index contributed by atoms with van der Waals surface area (Å²) >= 11 is 0. The van der Waals surface area contributed by atoms with E-state index in [9.17, 15) is 5.11 Å². The Morgan fingerprint density at radius 2 is 1.90 bits per heavy atom. The van der Waals surface area contributed by atoms with Gasteiger partial charge in [-0.25, -0.2) is 0 Å². The number of hydrogen-bond donors (Lipinski definition) is 2. The third kappa shape index (κ3) is 3.74. The van der Waals surface area contributed by atoms with Gasteiger partial charge in [0.1, 0.15) is 5.75 Å². The van der Waals surface area contributed by atoms with E-state index in [2.05, 4.69) is 45.1 Å². The maximum atomic E-state index is 9.59. The van der Waals surface area contributed by atoms with Crippen LogP contribution in [0.1, 0.15) is 42.9 Å². The van der Waals surface area contributed by atoms with Crippen LogP contribution in [0.3, 0.4) is 0 Å². The summed E-state index contributed by atoms with van der Waals surface area (Å²) < 4.78 is 6.00. The van der Waals surface area contributed by atoms with E-state index >= 15 is 0 Å². The van der Waals surface area contributed by atoms with E-state index in [-0.39, 0.29) is 12.1 Å². The van der Waals surface area contributed by atoms with E-state index in [0.717, 1.165) is 12.2 Å². The molecule has 0 saturated heterocycles. The summed E-state index contributed by atoms with van der Waals surface area (Å²) in [5.74, 6) is 0.997. The van der Waals surface area contributed by atoms with E-state index in [1.54, 1.807) is 0 Å². The lowest BCUT2D eigenvalue weighted by molar-refractivity contribution is 0.142. The van der Waals surface area contributed by atoms with Gasteiger partial charge in [-0.15, -0.1) is 0 Å². The van der Waals surface area contributed by atoms with Crippen molar-refractivity contribution >= 4 is 0 Å². The average Bonchev–Trinajstić information content (AvgIpc) is 3.22. The number of aliphatic hydroxyl groups is 1. The molecule has 0 amide bonds. The highest BCUT2D eigenvalue weighted by Gasteiger charge is 2.31. The number of aryl methyl sites for hydroxylation is 2. The molecule has 3 heteroatoms. The molecule has 1 aromatic carbocycles. The van der Waals surface area contributed by atoms with E-state index in [4.69, 9.17) is 4.74 Å². The van der Waals surface area contributed by atoms with Crippen molar-refractivity contribution in [1.82, 2.24) is 5.32 Å². The van der Waals surface area contributed by atoms with Crippen LogP contribution in [-0.2, 0) is 0 Å². The predicted octanol–water partition coefficient (Wildman–Crippen LogP) is 2.88. The first-order valence-corrected chi connectivity index (χ1v) is 7.53. The molecule has 0 heterocycles. The molecule has 20 heavy (non-hydrogen) atoms. The fourth-order valence-corrected chi connectivity index (χ4v) is 2.44. The Balaban J connectivity index is 1.93. The molecule has 112 valence electrons. The number of nitrogens with one attached hydrogen (secondary N) is 1. The van der Waals surface area contributed by atoms with Crippen molar-refractivity contribution in [1.29, 1.82) is 0 Å². The first-order valence-electron chi connectivity index (χ1n) is 7.53. The van der Waals surface area contributed by atoms with Gasteiger partial charge in [-0.3, -0.25) is 0 Å². The molecule has 1 fully saturated rings. The van der Waals surface area contributed by atoms with Crippen molar-refractivity contribution < 1.29 is 9.84 Å². The minimum Gasteiger partial charge on any atom is -0.493 e. The summed E-state index contributed by atoms with van der Waals surface area (Å²) in [4.78, 5) is 0. The lowest BCUT2D eigenvalue weighted by Gasteiger charge is -2.29. The van der Waals surface area contributed by atoms with Crippen molar-refractivity contribution in [2.75, 3.05) is 13.2 Å². The minimum atomic E-state index is -0.229. The summed E-state index contributed by atoms with van der Waals surface area (Å²) in [5, 5.41) is 13.1. The van der Waals surface area contributed by atoms with Gasteiger partial charge < -0.3 is 15.2 Å². The fraction of sp³-hybridized carbons (Fsp3) is 0.647. The Labute approximate surface area is 122 Å². The van der Waals surface area contributed by atoms with Gasteiger partial charge in [0, 0.05) is 18.0 Å². The second kappa shape index (κ2) is 6.15. The highest BCUT2D eigenvalue weighted by Crippen LogP contribution is 2.27. The maximum absolute atomic E-state index is 9.59. The van der Waals surface area contributed by atoms with Gasteiger partial charge in [-0.2, -0.15) is 0 Å². The molecule has 1 atom stereocenters. The third-order valence-electron chi connectivity index (χ3n) is 4.25. The zero-order valence-corrected chi connectivity index (χ0v) is 13.1. The highest BCUT2D eigenvalue weighted by molar-refractivity contribution is 5.44. The fourth-order valence-electron chi connectivity index (χ4n) is 2.44. The molecule has 3 nitrogen and oxygen atoms in total. The summed E-state index contributed by atoms with van der Waals surface area (Å²) in [6.07, 6.45) is 3.27. The molecule has 0 aliphatic heterocycles. The molecular formula is C17H27NO2. The average molecular weight is 277 g/mol. The molecule has 1 aliphatic rings. The summed E-state index contributed by atoms with van der Waals surface area (Å²) in [6.45, 7) is 9.14. The van der Waals surface area contributed by atoms with Crippen LogP contribution in [0.4, 0.5) is 0 Å². The molecule has 1 aliphatic carbocycles. The van der Waals surface area contributed by atoms with Crippen LogP contribution in [-0.4, -0.2) is 29.9 Å². The van der Waals surface area contributed by atoms with Crippen LogP contribution in [0.2, 0.25) is 0 Å². The van der Waals surface area contributed by atoms with Crippen LogP contribution < -0.4 is 10.1 Å². The Morgan fingerprint density at radius 3 is 2.50 bits per heavy atom. The molecule has 1 saturated carbocycles. The molecule has 0 bridgehead atoms. The lowest BCUT2D eigenvalue weighted by atomic mass is 9.99. The number of hydrogen-bond acceptors (Lipinski definition) is 3. The molecule has 0 radical (unpaired) electrons. The zero-order valence-electron chi connectivity index (χ0n) is 13.1. The largest absolute Gasteiger partial charge is 0.493 e. The summed E-state index contributed by atoms with van der Waals surface area (Å²) in [7, 11) is 0. The van der Waals surface area contributed by atoms with Gasteiger partial charge in [-0.1, -0.05) is 12.1 Å². The summed E-state index contributed by atoms with van der Waals surface area (Å²) in [6, 6.07) is 4.82. The molecular weight excluding hydrogens is 250 g/mol. The zero-order chi connectivity index (χ0) is 14.8. The Morgan fingerprint density at radius 1 is 1.25 bits per heavy atom. The van der Waals surface area contributed by atoms with Crippen molar-refractivity contribution in [3.63, 3.8) is 0 Å². The predicted molar refractivity (Wildman–Crippen MR) is 82.4 cm³/mol. The topological polar surface area (TPSA) is 41.5 Å². The first-order chi connectivity index (χ1) is 9.45. The molecule has 0 spiro atoms. The molecule has 2 N–H and O–H groups in total. The van der Waals surface area contributed by atoms with E-state index in [1.807, 2.05) is 0 Å². The van der Waals surface area contributed by atoms with Gasteiger partial charge in [0.2, 0.25) is 0 Å².